The number of hydrogen-bond donors (Lipinski definition) is 2. The van der Waals surface area contributed by atoms with E-state index in [2.05, 4.69) is 0 Å². The molecule has 0 spiro atoms. The normalized spacial score (nSPS) is 11.7. The summed E-state index contributed by atoms with van der Waals surface area (Å²) in [5, 5.41) is 11.2. The highest BCUT2D eigenvalue weighted by Gasteiger charge is 2.19. The van der Waals surface area contributed by atoms with Crippen molar-refractivity contribution >= 4 is 27.8 Å². The van der Waals surface area contributed by atoms with Gasteiger partial charge in [0.1, 0.15) is 0 Å². The molecule has 0 bridgehead atoms. The standard InChI is InChI=1S/C17H18N2O3S/c1-2-10-23-17(18)14-11-13(8-9-15(14)19(21)22)16(20)12-6-4-3-5-7-12/h3-9,11,23H,2,10,18H2,1H3. The van der Waals surface area contributed by atoms with Crippen LogP contribution in [0.2, 0.25) is 0 Å². The molecule has 0 radical (unpaired) electrons. The van der Waals surface area contributed by atoms with Gasteiger partial charge in [0, 0.05) is 22.2 Å². The first-order valence-corrected chi connectivity index (χ1v) is 8.31. The van der Waals surface area contributed by atoms with E-state index in [1.54, 1.807) is 24.3 Å². The minimum Gasteiger partial charge on any atom is -0.297 e. The summed E-state index contributed by atoms with van der Waals surface area (Å²) >= 11 is 0.832. The molecule has 2 aromatic carbocycles. The van der Waals surface area contributed by atoms with Crippen molar-refractivity contribution in [3.8, 4) is 0 Å². The summed E-state index contributed by atoms with van der Waals surface area (Å²) in [4.78, 5) is 23.6. The first-order valence-electron chi connectivity index (χ1n) is 7.23. The number of nitro groups is 1. The second-order valence-electron chi connectivity index (χ2n) is 4.95. The van der Waals surface area contributed by atoms with Gasteiger partial charge in [-0.3, -0.25) is 20.6 Å². The molecule has 0 atom stereocenters. The molecule has 0 aliphatic heterocycles. The minimum atomic E-state index is -0.472. The van der Waals surface area contributed by atoms with Gasteiger partial charge in [0.15, 0.2) is 5.78 Å². The van der Waals surface area contributed by atoms with Gasteiger partial charge in [-0.05, 0) is 24.3 Å². The molecule has 6 heteroatoms. The molecule has 2 rings (SSSR count). The summed E-state index contributed by atoms with van der Waals surface area (Å²) in [6, 6.07) is 13.1. The Kier molecular flexibility index (Phi) is 5.78. The number of nitro benzene ring substituents is 1. The van der Waals surface area contributed by atoms with E-state index in [9.17, 15) is 14.9 Å². The number of carbonyl (C=O) groups excluding carboxylic acids is 1. The number of nitrogens with zero attached hydrogens (tertiary/aromatic N) is 1. The number of carbonyl (C=O) groups is 1. The lowest BCUT2D eigenvalue weighted by Gasteiger charge is -2.07. The van der Waals surface area contributed by atoms with Gasteiger partial charge in [0.25, 0.3) is 5.69 Å². The monoisotopic (exact) mass is 330 g/mol. The highest BCUT2D eigenvalue weighted by atomic mass is 32.1. The second-order valence-corrected chi connectivity index (χ2v) is 6.20. The van der Waals surface area contributed by atoms with Crippen molar-refractivity contribution in [2.45, 2.75) is 13.3 Å². The minimum absolute atomic E-state index is 0.0734. The SMILES string of the molecule is CCC[SH]=C(N)c1cc(C(=O)c2ccccc2)ccc1[N+](=O)[O-]. The van der Waals surface area contributed by atoms with Crippen LogP contribution in [0.5, 0.6) is 0 Å². The van der Waals surface area contributed by atoms with Crippen LogP contribution in [0, 0.1) is 10.1 Å². The molecule has 0 saturated carbocycles. The molecule has 0 fully saturated rings. The lowest BCUT2D eigenvalue weighted by molar-refractivity contribution is -0.385. The van der Waals surface area contributed by atoms with E-state index >= 15 is 0 Å². The fourth-order valence-corrected chi connectivity index (χ4v) is 2.93. The van der Waals surface area contributed by atoms with Gasteiger partial charge in [-0.2, -0.15) is 11.4 Å². The number of ketones is 1. The molecular formula is C17H18N2O3S. The number of benzene rings is 2. The summed E-state index contributed by atoms with van der Waals surface area (Å²) < 4.78 is 0. The Bertz CT molecular complexity index is 758. The van der Waals surface area contributed by atoms with Gasteiger partial charge in [-0.25, -0.2) is 0 Å². The Morgan fingerprint density at radius 2 is 1.87 bits per heavy atom. The Labute approximate surface area is 138 Å². The summed E-state index contributed by atoms with van der Waals surface area (Å²) in [6.07, 6.45) is 0.929. The molecule has 120 valence electrons. The molecule has 2 N–H and O–H groups in total. The molecule has 2 aromatic rings. The van der Waals surface area contributed by atoms with E-state index in [0.29, 0.717) is 21.7 Å². The summed E-state index contributed by atoms with van der Waals surface area (Å²) in [7, 11) is 0. The van der Waals surface area contributed by atoms with Gasteiger partial charge < -0.3 is 0 Å². The molecule has 5 nitrogen and oxygen atoms in total. The van der Waals surface area contributed by atoms with Crippen molar-refractivity contribution in [2.75, 3.05) is 5.75 Å². The van der Waals surface area contributed by atoms with E-state index in [0.717, 1.165) is 23.5 Å². The maximum absolute atomic E-state index is 12.5. The van der Waals surface area contributed by atoms with Crippen LogP contribution in [-0.4, -0.2) is 21.4 Å². The molecule has 0 unspecified atom stereocenters. The molecule has 0 amide bonds. The zero-order valence-corrected chi connectivity index (χ0v) is 13.6. The molecular weight excluding hydrogens is 312 g/mol. The van der Waals surface area contributed by atoms with Crippen molar-refractivity contribution in [1.82, 2.24) is 0 Å². The Hall–Kier alpha value is -2.31. The predicted octanol–water partition coefficient (Wildman–Crippen LogP) is 3.14. The number of hydrogen-bond acceptors (Lipinski definition) is 3. The van der Waals surface area contributed by atoms with Crippen LogP contribution in [0.25, 0.3) is 0 Å². The van der Waals surface area contributed by atoms with Crippen LogP contribution in [-0.2, 0) is 0 Å². The van der Waals surface area contributed by atoms with E-state index in [-0.39, 0.29) is 11.5 Å². The third-order valence-corrected chi connectivity index (χ3v) is 4.53. The smallest absolute Gasteiger partial charge is 0.278 e. The van der Waals surface area contributed by atoms with Crippen LogP contribution in [0.3, 0.4) is 0 Å². The molecule has 0 aliphatic rings. The largest absolute Gasteiger partial charge is 0.297 e. The maximum atomic E-state index is 12.5. The lowest BCUT2D eigenvalue weighted by Crippen LogP contribution is -2.15. The predicted molar refractivity (Wildman–Crippen MR) is 95.4 cm³/mol. The van der Waals surface area contributed by atoms with Crippen LogP contribution in [0.15, 0.2) is 48.5 Å². The van der Waals surface area contributed by atoms with Crippen LogP contribution < -0.4 is 5.73 Å². The van der Waals surface area contributed by atoms with E-state index in [4.69, 9.17) is 5.73 Å². The quantitative estimate of drug-likeness (QED) is 0.280. The third-order valence-electron chi connectivity index (χ3n) is 3.27. The van der Waals surface area contributed by atoms with Crippen LogP contribution in [0.1, 0.15) is 34.8 Å². The zero-order chi connectivity index (χ0) is 16.8. The third kappa shape index (κ3) is 4.12. The van der Waals surface area contributed by atoms with Crippen LogP contribution in [0.4, 0.5) is 5.69 Å². The maximum Gasteiger partial charge on any atom is 0.278 e. The number of rotatable bonds is 6. The molecule has 0 aliphatic carbocycles. The molecule has 0 aromatic heterocycles. The van der Waals surface area contributed by atoms with Gasteiger partial charge in [0.2, 0.25) is 0 Å². The highest BCUT2D eigenvalue weighted by molar-refractivity contribution is 7.99. The topological polar surface area (TPSA) is 86.2 Å². The summed E-state index contributed by atoms with van der Waals surface area (Å²) in [5.74, 6) is 0.640. The lowest BCUT2D eigenvalue weighted by atomic mass is 10.0. The molecule has 0 heterocycles. The number of thiol groups is 1. The van der Waals surface area contributed by atoms with Crippen LogP contribution >= 0.6 is 11.4 Å². The van der Waals surface area contributed by atoms with Crippen molar-refractivity contribution in [3.63, 3.8) is 0 Å². The first-order chi connectivity index (χ1) is 11.0. The average molecular weight is 330 g/mol. The zero-order valence-electron chi connectivity index (χ0n) is 12.7. The molecule has 23 heavy (non-hydrogen) atoms. The second kappa shape index (κ2) is 7.80. The van der Waals surface area contributed by atoms with E-state index < -0.39 is 4.92 Å². The van der Waals surface area contributed by atoms with Gasteiger partial charge in [-0.15, -0.1) is 0 Å². The van der Waals surface area contributed by atoms with Gasteiger partial charge in [-0.1, -0.05) is 37.3 Å². The highest BCUT2D eigenvalue weighted by Crippen LogP contribution is 2.22. The van der Waals surface area contributed by atoms with Crippen molar-refractivity contribution in [2.24, 2.45) is 5.73 Å². The summed E-state index contributed by atoms with van der Waals surface area (Å²) in [6.45, 7) is 2.02. The number of nitrogens with two attached hydrogens (primary N) is 1. The Morgan fingerprint density at radius 3 is 2.48 bits per heavy atom. The van der Waals surface area contributed by atoms with Gasteiger partial charge in [0.05, 0.1) is 10.5 Å². The molecule has 0 saturated heterocycles. The van der Waals surface area contributed by atoms with Crippen molar-refractivity contribution < 1.29 is 9.72 Å². The summed E-state index contributed by atoms with van der Waals surface area (Å²) in [5.41, 5.74) is 7.20. The van der Waals surface area contributed by atoms with E-state index in [1.807, 2.05) is 13.0 Å². The fourth-order valence-electron chi connectivity index (χ4n) is 2.12. The Balaban J connectivity index is 2.48. The van der Waals surface area contributed by atoms with Crippen molar-refractivity contribution in [3.05, 3.63) is 75.3 Å². The van der Waals surface area contributed by atoms with E-state index in [1.165, 1.54) is 18.2 Å². The Morgan fingerprint density at radius 1 is 1.17 bits per heavy atom. The fraction of sp³-hybridized carbons (Fsp3) is 0.176. The van der Waals surface area contributed by atoms with Crippen molar-refractivity contribution in [1.29, 1.82) is 0 Å². The van der Waals surface area contributed by atoms with Gasteiger partial charge >= 0.3 is 0 Å². The average Bonchev–Trinajstić information content (AvgIpc) is 2.59. The first kappa shape index (κ1) is 17.1.